The Balaban J connectivity index is 0.00000261. The van der Waals surface area contributed by atoms with E-state index in [4.69, 9.17) is 5.73 Å². The molecule has 2 aromatic rings. The number of hydrogen-bond donors (Lipinski definition) is 2. The molecule has 3 N–H and O–H groups in total. The van der Waals surface area contributed by atoms with Crippen LogP contribution in [0.3, 0.4) is 0 Å². The Bertz CT molecular complexity index is 905. The van der Waals surface area contributed by atoms with Gasteiger partial charge >= 0.3 is 5.69 Å². The maximum atomic E-state index is 12.6. The van der Waals surface area contributed by atoms with E-state index >= 15 is 0 Å². The standard InChI is InChI=1S/C19H24N4O3.ClH/c1-19(13-20,15-7-8-15)21-16(24)12-23-17(25)9-10-22(18(23)26)11-14-5-3-2-4-6-14;/h2-6,9-10,15H,7-8,11-13,20H2,1H3,(H,21,24);1H. The lowest BCUT2D eigenvalue weighted by Gasteiger charge is -2.29. The second-order valence-electron chi connectivity index (χ2n) is 7.08. The van der Waals surface area contributed by atoms with Crippen molar-refractivity contribution in [3.8, 4) is 0 Å². The van der Waals surface area contributed by atoms with Crippen LogP contribution in [0.15, 0.2) is 52.2 Å². The van der Waals surface area contributed by atoms with Gasteiger partial charge in [0.1, 0.15) is 6.54 Å². The topological polar surface area (TPSA) is 99.1 Å². The van der Waals surface area contributed by atoms with E-state index in [2.05, 4.69) is 5.32 Å². The van der Waals surface area contributed by atoms with Crippen LogP contribution in [0.5, 0.6) is 0 Å². The van der Waals surface area contributed by atoms with Crippen molar-refractivity contribution in [3.05, 3.63) is 69.0 Å². The number of nitrogens with zero attached hydrogens (tertiary/aromatic N) is 2. The molecule has 0 aliphatic heterocycles. The minimum absolute atomic E-state index is 0. The van der Waals surface area contributed by atoms with Crippen molar-refractivity contribution in [2.24, 2.45) is 11.7 Å². The van der Waals surface area contributed by atoms with Gasteiger partial charge in [-0.3, -0.25) is 18.7 Å². The smallest absolute Gasteiger partial charge is 0.331 e. The van der Waals surface area contributed by atoms with Gasteiger partial charge in [-0.05, 0) is 31.2 Å². The van der Waals surface area contributed by atoms with E-state index in [0.29, 0.717) is 19.0 Å². The van der Waals surface area contributed by atoms with Gasteiger partial charge in [-0.25, -0.2) is 4.79 Å². The van der Waals surface area contributed by atoms with Gasteiger partial charge in [0.25, 0.3) is 5.56 Å². The number of carbonyl (C=O) groups is 1. The molecule has 1 aromatic heterocycles. The Morgan fingerprint density at radius 1 is 1.22 bits per heavy atom. The molecule has 8 heteroatoms. The van der Waals surface area contributed by atoms with Crippen LogP contribution in [0.4, 0.5) is 0 Å². The average Bonchev–Trinajstić information content (AvgIpc) is 3.47. The molecule has 27 heavy (non-hydrogen) atoms. The van der Waals surface area contributed by atoms with Crippen molar-refractivity contribution in [3.63, 3.8) is 0 Å². The molecule has 0 bridgehead atoms. The van der Waals surface area contributed by atoms with E-state index in [1.54, 1.807) is 0 Å². The van der Waals surface area contributed by atoms with E-state index in [-0.39, 0.29) is 24.9 Å². The number of hydrogen-bond acceptors (Lipinski definition) is 4. The summed E-state index contributed by atoms with van der Waals surface area (Å²) < 4.78 is 2.38. The van der Waals surface area contributed by atoms with Crippen molar-refractivity contribution >= 4 is 18.3 Å². The highest BCUT2D eigenvalue weighted by atomic mass is 35.5. The number of nitrogens with one attached hydrogen (secondary N) is 1. The SMILES string of the molecule is CC(CN)(NC(=O)Cn1c(=O)ccn(Cc2ccccc2)c1=O)C1CC1.Cl. The van der Waals surface area contributed by atoms with Crippen LogP contribution in [0.2, 0.25) is 0 Å². The zero-order valence-corrected chi connectivity index (χ0v) is 16.1. The Kier molecular flexibility index (Phi) is 6.62. The third-order valence-corrected chi connectivity index (χ3v) is 4.96. The number of aromatic nitrogens is 2. The number of rotatable bonds is 7. The fraction of sp³-hybridized carbons (Fsp3) is 0.421. The highest BCUT2D eigenvalue weighted by molar-refractivity contribution is 5.85. The Labute approximate surface area is 163 Å². The van der Waals surface area contributed by atoms with E-state index in [0.717, 1.165) is 23.0 Å². The molecule has 0 saturated heterocycles. The largest absolute Gasteiger partial charge is 0.348 e. The quantitative estimate of drug-likeness (QED) is 0.725. The molecule has 1 fully saturated rings. The molecule has 1 amide bonds. The molecule has 0 radical (unpaired) electrons. The van der Waals surface area contributed by atoms with Crippen LogP contribution in [0.25, 0.3) is 0 Å². The molecule has 1 atom stereocenters. The first-order valence-electron chi connectivity index (χ1n) is 8.78. The van der Waals surface area contributed by atoms with Crippen LogP contribution in [-0.4, -0.2) is 27.1 Å². The van der Waals surface area contributed by atoms with E-state index in [9.17, 15) is 14.4 Å². The molecular formula is C19H25ClN4O3. The summed E-state index contributed by atoms with van der Waals surface area (Å²) in [5, 5.41) is 2.91. The van der Waals surface area contributed by atoms with Gasteiger partial charge in [0.2, 0.25) is 5.91 Å². The second kappa shape index (κ2) is 8.54. The van der Waals surface area contributed by atoms with Gasteiger partial charge in [-0.1, -0.05) is 30.3 Å². The van der Waals surface area contributed by atoms with Gasteiger partial charge in [0.05, 0.1) is 12.1 Å². The number of halogens is 1. The fourth-order valence-electron chi connectivity index (χ4n) is 3.14. The van der Waals surface area contributed by atoms with E-state index in [1.165, 1.54) is 16.8 Å². The molecule has 1 unspecified atom stereocenters. The lowest BCUT2D eigenvalue weighted by atomic mass is 9.96. The summed E-state index contributed by atoms with van der Waals surface area (Å²) in [6.45, 7) is 2.26. The van der Waals surface area contributed by atoms with Crippen LogP contribution in [0, 0.1) is 5.92 Å². The molecule has 1 aliphatic carbocycles. The molecule has 1 saturated carbocycles. The number of carbonyl (C=O) groups excluding carboxylic acids is 1. The Morgan fingerprint density at radius 3 is 2.48 bits per heavy atom. The predicted octanol–water partition coefficient (Wildman–Crippen LogP) is 0.724. The van der Waals surface area contributed by atoms with Crippen LogP contribution in [0.1, 0.15) is 25.3 Å². The first-order valence-corrected chi connectivity index (χ1v) is 8.78. The number of nitrogens with two attached hydrogens (primary N) is 1. The maximum Gasteiger partial charge on any atom is 0.331 e. The number of benzene rings is 1. The highest BCUT2D eigenvalue weighted by Crippen LogP contribution is 2.38. The lowest BCUT2D eigenvalue weighted by Crippen LogP contribution is -2.55. The monoisotopic (exact) mass is 392 g/mol. The van der Waals surface area contributed by atoms with Gasteiger partial charge in [-0.2, -0.15) is 0 Å². The third kappa shape index (κ3) is 4.87. The average molecular weight is 393 g/mol. The van der Waals surface area contributed by atoms with E-state index < -0.39 is 16.8 Å². The van der Waals surface area contributed by atoms with Crippen molar-refractivity contribution < 1.29 is 4.79 Å². The minimum atomic E-state index is -0.502. The first kappa shape index (κ1) is 20.9. The summed E-state index contributed by atoms with van der Waals surface area (Å²) in [7, 11) is 0. The summed E-state index contributed by atoms with van der Waals surface area (Å²) in [5.41, 5.74) is 5.27. The Hall–Kier alpha value is -2.38. The second-order valence-corrected chi connectivity index (χ2v) is 7.08. The summed E-state index contributed by atoms with van der Waals surface area (Å²) in [4.78, 5) is 37.2. The summed E-state index contributed by atoms with van der Waals surface area (Å²) >= 11 is 0. The zero-order valence-electron chi connectivity index (χ0n) is 15.3. The van der Waals surface area contributed by atoms with Gasteiger partial charge in [-0.15, -0.1) is 12.4 Å². The minimum Gasteiger partial charge on any atom is -0.348 e. The third-order valence-electron chi connectivity index (χ3n) is 4.96. The lowest BCUT2D eigenvalue weighted by molar-refractivity contribution is -0.123. The van der Waals surface area contributed by atoms with Crippen molar-refractivity contribution in [1.29, 1.82) is 0 Å². The molecule has 3 rings (SSSR count). The molecule has 1 aliphatic rings. The normalized spacial score (nSPS) is 15.5. The first-order chi connectivity index (χ1) is 12.4. The highest BCUT2D eigenvalue weighted by Gasteiger charge is 2.41. The summed E-state index contributed by atoms with van der Waals surface area (Å²) in [6, 6.07) is 10.8. The Morgan fingerprint density at radius 2 is 1.89 bits per heavy atom. The molecule has 1 aromatic carbocycles. The van der Waals surface area contributed by atoms with E-state index in [1.807, 2.05) is 37.3 Å². The molecule has 146 valence electrons. The summed E-state index contributed by atoms with van der Waals surface area (Å²) in [6.07, 6.45) is 3.52. The molecule has 1 heterocycles. The summed E-state index contributed by atoms with van der Waals surface area (Å²) in [5.74, 6) is -0.0137. The van der Waals surface area contributed by atoms with Gasteiger partial charge in [0.15, 0.2) is 0 Å². The molecule has 7 nitrogen and oxygen atoms in total. The zero-order chi connectivity index (χ0) is 18.7. The van der Waals surface area contributed by atoms with Crippen molar-refractivity contribution in [1.82, 2.24) is 14.5 Å². The van der Waals surface area contributed by atoms with Crippen LogP contribution < -0.4 is 22.3 Å². The predicted molar refractivity (Wildman–Crippen MR) is 106 cm³/mol. The molecule has 0 spiro atoms. The van der Waals surface area contributed by atoms with Gasteiger partial charge < -0.3 is 11.1 Å². The number of amides is 1. The fourth-order valence-corrected chi connectivity index (χ4v) is 3.14. The van der Waals surface area contributed by atoms with Crippen LogP contribution in [-0.2, 0) is 17.9 Å². The maximum absolute atomic E-state index is 12.6. The van der Waals surface area contributed by atoms with Crippen molar-refractivity contribution in [2.75, 3.05) is 6.54 Å². The van der Waals surface area contributed by atoms with Gasteiger partial charge in [0, 0.05) is 18.8 Å². The molecular weight excluding hydrogens is 368 g/mol. The van der Waals surface area contributed by atoms with Crippen LogP contribution >= 0.6 is 12.4 Å². The van der Waals surface area contributed by atoms with Crippen molar-refractivity contribution in [2.45, 2.75) is 38.4 Å².